The summed E-state index contributed by atoms with van der Waals surface area (Å²) >= 11 is 0. The zero-order valence-electron chi connectivity index (χ0n) is 41.2. The zero-order valence-corrected chi connectivity index (χ0v) is 41.2. The molecule has 6 aromatic rings. The van der Waals surface area contributed by atoms with Crippen LogP contribution in [0.25, 0.3) is 31.3 Å². The van der Waals surface area contributed by atoms with Gasteiger partial charge in [-0.25, -0.2) is 14.5 Å². The van der Waals surface area contributed by atoms with Crippen molar-refractivity contribution in [1.82, 2.24) is 0 Å². The summed E-state index contributed by atoms with van der Waals surface area (Å²) in [5.41, 5.74) is 7.55. The molecule has 0 unspecified atom stereocenters. The maximum Gasteiger partial charge on any atom is 0.336 e. The highest BCUT2D eigenvalue weighted by atomic mass is 16.5. The van der Waals surface area contributed by atoms with E-state index in [-0.39, 0.29) is 54.1 Å². The summed E-state index contributed by atoms with van der Waals surface area (Å²) in [4.78, 5) is 46.3. The van der Waals surface area contributed by atoms with Crippen LogP contribution in [0.15, 0.2) is 175 Å². The fourth-order valence-corrected chi connectivity index (χ4v) is 7.03. The average Bonchev–Trinajstić information content (AvgIpc) is 3.37. The van der Waals surface area contributed by atoms with Crippen LogP contribution in [0.5, 0.6) is 17.2 Å². The number of carbonyl (C=O) groups is 3. The van der Waals surface area contributed by atoms with E-state index in [1.54, 1.807) is 50.4 Å². The minimum atomic E-state index is -0.637. The number of ketones is 2. The Morgan fingerprint density at radius 2 is 0.789 bits per heavy atom. The number of rotatable bonds is 16. The van der Waals surface area contributed by atoms with Crippen molar-refractivity contribution in [2.75, 3.05) is 13.7 Å². The van der Waals surface area contributed by atoms with Gasteiger partial charge in [0.2, 0.25) is 11.4 Å². The SMILES string of the molecule is [C-]#[N+]/C(C(C)=O)=C(\c1ccc(CO)cc1)c1ccc(OC)cc1.[C-]#[N+]C(C(=O)OCC)=C(c1ccc(OC(C)C)cc1)c1ccc(OC(C)C)cc1.[C-]#[N+]C(C(C)=O)=C(c1ccccc1)c1ccccc1. The number of carbonyl (C=O) groups excluding carboxylic acids is 3. The summed E-state index contributed by atoms with van der Waals surface area (Å²) in [5, 5.41) is 9.16. The number of benzene rings is 6. The Balaban J connectivity index is 0.000000237. The fraction of sp³-hybridized carbons (Fsp3) is 0.200. The van der Waals surface area contributed by atoms with E-state index in [1.165, 1.54) is 13.8 Å². The van der Waals surface area contributed by atoms with Gasteiger partial charge in [0.05, 0.1) is 52.2 Å². The van der Waals surface area contributed by atoms with Crippen LogP contribution in [0.1, 0.15) is 87.4 Å². The normalized spacial score (nSPS) is 10.5. The van der Waals surface area contributed by atoms with Gasteiger partial charge in [-0.15, -0.1) is 0 Å². The number of ether oxygens (including phenoxy) is 4. The molecular formula is C60H57N3O8. The van der Waals surface area contributed by atoms with Crippen LogP contribution in [0.4, 0.5) is 0 Å². The second kappa shape index (κ2) is 27.9. The van der Waals surface area contributed by atoms with Crippen LogP contribution in [0, 0.1) is 19.7 Å². The van der Waals surface area contributed by atoms with Gasteiger partial charge in [-0.1, -0.05) is 121 Å². The predicted molar refractivity (Wildman–Crippen MR) is 279 cm³/mol. The zero-order chi connectivity index (χ0) is 51.9. The molecule has 0 aliphatic carbocycles. The van der Waals surface area contributed by atoms with Crippen molar-refractivity contribution in [3.63, 3.8) is 0 Å². The Hall–Kier alpha value is -8.82. The van der Waals surface area contributed by atoms with Crippen molar-refractivity contribution < 1.29 is 38.4 Å². The molecule has 360 valence electrons. The summed E-state index contributed by atoms with van der Waals surface area (Å²) in [7, 11) is 1.58. The molecule has 0 aliphatic heterocycles. The number of allylic oxidation sites excluding steroid dienone is 2. The number of methoxy groups -OCH3 is 1. The van der Waals surface area contributed by atoms with Gasteiger partial charge in [0, 0.05) is 5.57 Å². The van der Waals surface area contributed by atoms with Crippen LogP contribution in [-0.2, 0) is 25.7 Å². The second-order valence-corrected chi connectivity index (χ2v) is 16.0. The predicted octanol–water partition coefficient (Wildman–Crippen LogP) is 12.9. The summed E-state index contributed by atoms with van der Waals surface area (Å²) < 4.78 is 21.7. The lowest BCUT2D eigenvalue weighted by Gasteiger charge is -2.15. The van der Waals surface area contributed by atoms with Gasteiger partial charge in [-0.05, 0) is 135 Å². The molecule has 0 aliphatic rings. The van der Waals surface area contributed by atoms with Crippen molar-refractivity contribution in [3.05, 3.63) is 248 Å². The molecule has 0 saturated carbocycles. The maximum absolute atomic E-state index is 12.4. The van der Waals surface area contributed by atoms with Crippen molar-refractivity contribution in [2.45, 2.75) is 67.3 Å². The lowest BCUT2D eigenvalue weighted by Crippen LogP contribution is -2.09. The summed E-state index contributed by atoms with van der Waals surface area (Å²) in [6, 6.07) is 48.2. The lowest BCUT2D eigenvalue weighted by atomic mass is 9.94. The highest BCUT2D eigenvalue weighted by Gasteiger charge is 2.21. The van der Waals surface area contributed by atoms with Gasteiger partial charge in [0.15, 0.2) is 11.6 Å². The number of nitrogens with zero attached hydrogens (tertiary/aromatic N) is 3. The molecule has 0 spiro atoms. The van der Waals surface area contributed by atoms with Crippen molar-refractivity contribution in [1.29, 1.82) is 0 Å². The molecule has 0 heterocycles. The molecule has 1 N–H and O–H groups in total. The maximum atomic E-state index is 12.4. The molecule has 0 fully saturated rings. The number of hydrogen-bond donors (Lipinski definition) is 1. The summed E-state index contributed by atoms with van der Waals surface area (Å²) in [5.74, 6) is 1.03. The molecule has 0 amide bonds. The van der Waals surface area contributed by atoms with Crippen LogP contribution in [-0.4, -0.2) is 48.6 Å². The molecule has 0 bridgehead atoms. The molecule has 0 atom stereocenters. The van der Waals surface area contributed by atoms with Gasteiger partial charge in [0.25, 0.3) is 5.70 Å². The van der Waals surface area contributed by atoms with Gasteiger partial charge < -0.3 is 33.6 Å². The number of aliphatic hydroxyl groups excluding tert-OH is 1. The Labute approximate surface area is 417 Å². The molecule has 0 radical (unpaired) electrons. The third-order valence-electron chi connectivity index (χ3n) is 10.1. The molecular weight excluding hydrogens is 891 g/mol. The Bertz CT molecular complexity index is 2810. The van der Waals surface area contributed by atoms with E-state index in [2.05, 4.69) is 14.5 Å². The first-order chi connectivity index (χ1) is 34.2. The first kappa shape index (κ1) is 54.8. The van der Waals surface area contributed by atoms with Gasteiger partial charge in [0.1, 0.15) is 17.2 Å². The average molecular weight is 948 g/mol. The second-order valence-electron chi connectivity index (χ2n) is 16.0. The van der Waals surface area contributed by atoms with Crippen molar-refractivity contribution in [2.24, 2.45) is 0 Å². The number of Topliss-reactive ketones (excluding diaryl/α,β-unsaturated/α-hetero) is 2. The van der Waals surface area contributed by atoms with Crippen LogP contribution in [0.3, 0.4) is 0 Å². The Morgan fingerprint density at radius 3 is 1.07 bits per heavy atom. The number of hydrogen-bond acceptors (Lipinski definition) is 8. The van der Waals surface area contributed by atoms with Crippen molar-refractivity contribution >= 4 is 34.3 Å². The van der Waals surface area contributed by atoms with Crippen molar-refractivity contribution in [3.8, 4) is 17.2 Å². The third kappa shape index (κ3) is 15.9. The number of aliphatic hydroxyl groups is 1. The van der Waals surface area contributed by atoms with E-state index in [4.69, 9.17) is 43.8 Å². The highest BCUT2D eigenvalue weighted by Crippen LogP contribution is 2.33. The molecule has 0 saturated heterocycles. The van der Waals surface area contributed by atoms with E-state index < -0.39 is 5.97 Å². The Morgan fingerprint density at radius 1 is 0.479 bits per heavy atom. The molecule has 6 aromatic carbocycles. The van der Waals surface area contributed by atoms with Gasteiger partial charge in [-0.2, -0.15) is 0 Å². The molecule has 11 heteroatoms. The molecule has 11 nitrogen and oxygen atoms in total. The molecule has 6 rings (SSSR count). The first-order valence-corrected chi connectivity index (χ1v) is 22.7. The smallest absolute Gasteiger partial charge is 0.336 e. The first-order valence-electron chi connectivity index (χ1n) is 22.7. The van der Waals surface area contributed by atoms with E-state index in [1.807, 2.05) is 149 Å². The van der Waals surface area contributed by atoms with E-state index in [0.29, 0.717) is 22.5 Å². The summed E-state index contributed by atoms with van der Waals surface area (Å²) in [6.07, 6.45) is 0.116. The monoisotopic (exact) mass is 947 g/mol. The van der Waals surface area contributed by atoms with E-state index in [0.717, 1.165) is 50.4 Å². The van der Waals surface area contributed by atoms with Gasteiger partial charge >= 0.3 is 5.97 Å². The third-order valence-corrected chi connectivity index (χ3v) is 10.1. The Kier molecular flexibility index (Phi) is 21.5. The van der Waals surface area contributed by atoms with Crippen LogP contribution in [0.2, 0.25) is 0 Å². The highest BCUT2D eigenvalue weighted by molar-refractivity contribution is 6.07. The van der Waals surface area contributed by atoms with Crippen LogP contribution >= 0.6 is 0 Å². The van der Waals surface area contributed by atoms with E-state index >= 15 is 0 Å². The largest absolute Gasteiger partial charge is 0.497 e. The minimum Gasteiger partial charge on any atom is -0.497 e. The molecule has 71 heavy (non-hydrogen) atoms. The fourth-order valence-electron chi connectivity index (χ4n) is 7.03. The summed E-state index contributed by atoms with van der Waals surface area (Å²) in [6.45, 7) is 34.7. The number of esters is 1. The van der Waals surface area contributed by atoms with Crippen LogP contribution < -0.4 is 14.2 Å². The minimum absolute atomic E-state index is 0.0513. The van der Waals surface area contributed by atoms with Gasteiger partial charge in [-0.3, -0.25) is 4.79 Å². The quantitative estimate of drug-likeness (QED) is 0.0578. The lowest BCUT2D eigenvalue weighted by molar-refractivity contribution is -0.138. The standard InChI is InChI=1S/C24H27NO4.C19H17NO3.C17H13NO/c1-7-27-24(26)23(25-6)22(18-8-12-20(13-9-18)28-16(2)3)19-10-14-21(15-11-19)29-17(4)5;1-13(22)19(20-2)18(15-6-4-14(12-21)5-7-15)16-8-10-17(23-3)11-9-16;1-13(19)17(18-2)16(14-9-5-3-6-10-14)15-11-7-4-8-12-15/h8-17H,7H2,1-5H3;4-11,21H,12H2,1,3H3;3-12H,1H3/b;19-18+;. The molecule has 0 aromatic heterocycles. The topological polar surface area (TPSA) is 121 Å². The van der Waals surface area contributed by atoms with E-state index in [9.17, 15) is 14.4 Å².